The summed E-state index contributed by atoms with van der Waals surface area (Å²) in [6.07, 6.45) is 0. The predicted molar refractivity (Wildman–Crippen MR) is 51.8 cm³/mol. The van der Waals surface area contributed by atoms with Crippen LogP contribution in [0, 0.1) is 0 Å². The average Bonchev–Trinajstić information content (AvgIpc) is 2.18. The molecule has 0 saturated heterocycles. The van der Waals surface area contributed by atoms with Gasteiger partial charge in [0.15, 0.2) is 0 Å². The summed E-state index contributed by atoms with van der Waals surface area (Å²) in [6, 6.07) is 4.26. The van der Waals surface area contributed by atoms with Gasteiger partial charge in [-0.2, -0.15) is 0 Å². The third kappa shape index (κ3) is 2.07. The summed E-state index contributed by atoms with van der Waals surface area (Å²) in [5.74, 6) is -1.01. The lowest BCUT2D eigenvalue weighted by Gasteiger charge is -2.06. The quantitative estimate of drug-likeness (QED) is 0.712. The first-order valence-corrected chi connectivity index (χ1v) is 4.15. The molecule has 0 atom stereocenters. The summed E-state index contributed by atoms with van der Waals surface area (Å²) in [4.78, 5) is 10.6. The largest absolute Gasteiger partial charge is 0.478 e. The predicted octanol–water partition coefficient (Wildman–Crippen LogP) is 1.70. The molecule has 0 bridgehead atoms. The zero-order valence-electron chi connectivity index (χ0n) is 7.69. The van der Waals surface area contributed by atoms with Crippen LogP contribution in [0.3, 0.4) is 0 Å². The minimum Gasteiger partial charge on any atom is -0.478 e. The zero-order valence-corrected chi connectivity index (χ0v) is 7.69. The summed E-state index contributed by atoms with van der Waals surface area (Å²) >= 11 is 0. The molecule has 1 rings (SSSR count). The van der Waals surface area contributed by atoms with Gasteiger partial charge < -0.3 is 10.4 Å². The molecule has 0 aliphatic carbocycles. The van der Waals surface area contributed by atoms with Crippen molar-refractivity contribution >= 4 is 17.3 Å². The van der Waals surface area contributed by atoms with Crippen molar-refractivity contribution in [2.45, 2.75) is 6.92 Å². The minimum absolute atomic E-state index is 0.161. The van der Waals surface area contributed by atoms with E-state index in [-0.39, 0.29) is 5.56 Å². The molecule has 0 aliphatic rings. The highest BCUT2D eigenvalue weighted by atomic mass is 16.4. The van der Waals surface area contributed by atoms with Gasteiger partial charge in [0.25, 0.3) is 0 Å². The molecule has 1 radical (unpaired) electrons. The molecule has 0 spiro atoms. The first-order chi connectivity index (χ1) is 6.69. The number of carboxylic acids is 1. The molecule has 0 fully saturated rings. The lowest BCUT2D eigenvalue weighted by molar-refractivity contribution is 0.0697. The second kappa shape index (κ2) is 4.36. The average molecular weight is 192 g/mol. The van der Waals surface area contributed by atoms with Crippen molar-refractivity contribution < 1.29 is 9.90 Å². The van der Waals surface area contributed by atoms with E-state index < -0.39 is 5.97 Å². The maximum Gasteiger partial charge on any atom is 0.335 e. The Bertz CT molecular complexity index is 363. The summed E-state index contributed by atoms with van der Waals surface area (Å²) in [5.41, 5.74) is 9.61. The lowest BCUT2D eigenvalue weighted by atomic mass is 10.1. The van der Waals surface area contributed by atoms with E-state index in [9.17, 15) is 4.79 Å². The first-order valence-electron chi connectivity index (χ1n) is 4.15. The van der Waals surface area contributed by atoms with Crippen LogP contribution in [0.2, 0.25) is 0 Å². The molecule has 5 nitrogen and oxygen atoms in total. The Balaban J connectivity index is 3.13. The molecule has 2 N–H and O–H groups in total. The highest BCUT2D eigenvalue weighted by Crippen LogP contribution is 2.25. The molecule has 73 valence electrons. The van der Waals surface area contributed by atoms with Crippen molar-refractivity contribution in [1.29, 1.82) is 0 Å². The van der Waals surface area contributed by atoms with Crippen molar-refractivity contribution in [3.05, 3.63) is 23.8 Å². The monoisotopic (exact) mass is 192 g/mol. The van der Waals surface area contributed by atoms with Gasteiger partial charge in [0, 0.05) is 6.54 Å². The van der Waals surface area contributed by atoms with E-state index in [1.165, 1.54) is 18.2 Å². The highest BCUT2D eigenvalue weighted by Gasteiger charge is 2.07. The van der Waals surface area contributed by atoms with Crippen molar-refractivity contribution in [3.8, 4) is 0 Å². The molecule has 0 aromatic heterocycles. The van der Waals surface area contributed by atoms with Gasteiger partial charge in [-0.1, -0.05) is 0 Å². The minimum atomic E-state index is -1.01. The number of carbonyl (C=O) groups is 1. The molecule has 14 heavy (non-hydrogen) atoms. The van der Waals surface area contributed by atoms with Crippen LogP contribution >= 0.6 is 0 Å². The van der Waals surface area contributed by atoms with E-state index in [2.05, 4.69) is 10.4 Å². The van der Waals surface area contributed by atoms with Gasteiger partial charge in [0.05, 0.1) is 11.3 Å². The van der Waals surface area contributed by atoms with E-state index in [0.717, 1.165) is 0 Å². The van der Waals surface area contributed by atoms with Crippen LogP contribution in [0.15, 0.2) is 23.3 Å². The van der Waals surface area contributed by atoms with Crippen LogP contribution in [0.1, 0.15) is 17.3 Å². The highest BCUT2D eigenvalue weighted by molar-refractivity contribution is 5.90. The first kappa shape index (κ1) is 10.2. The van der Waals surface area contributed by atoms with Gasteiger partial charge in [-0.3, -0.25) is 0 Å². The second-order valence-electron chi connectivity index (χ2n) is 2.67. The third-order valence-electron chi connectivity index (χ3n) is 1.72. The number of nitrogens with one attached hydrogen (secondary N) is 1. The number of anilines is 1. The number of hydrogen-bond donors (Lipinski definition) is 2. The number of nitrogens with zero attached hydrogens (tertiary/aromatic N) is 2. The van der Waals surface area contributed by atoms with Crippen LogP contribution in [-0.2, 0) is 0 Å². The maximum atomic E-state index is 10.6. The van der Waals surface area contributed by atoms with Crippen molar-refractivity contribution in [2.75, 3.05) is 11.9 Å². The van der Waals surface area contributed by atoms with E-state index >= 15 is 0 Å². The molecule has 1 aromatic carbocycles. The fourth-order valence-electron chi connectivity index (χ4n) is 1.09. The summed E-state index contributed by atoms with van der Waals surface area (Å²) < 4.78 is 0. The van der Waals surface area contributed by atoms with Crippen molar-refractivity contribution in [1.82, 2.24) is 5.53 Å². The van der Waals surface area contributed by atoms with Gasteiger partial charge >= 0.3 is 5.97 Å². The van der Waals surface area contributed by atoms with Gasteiger partial charge in [-0.25, -0.2) is 4.79 Å². The summed E-state index contributed by atoms with van der Waals surface area (Å²) in [6.45, 7) is 2.50. The second-order valence-corrected chi connectivity index (χ2v) is 2.67. The van der Waals surface area contributed by atoms with Gasteiger partial charge in [-0.05, 0) is 30.7 Å². The van der Waals surface area contributed by atoms with Gasteiger partial charge in [-0.15, -0.1) is 5.11 Å². The topological polar surface area (TPSA) is 84.0 Å². The molecule has 0 heterocycles. The molecular weight excluding hydrogens is 182 g/mol. The molecule has 0 aliphatic heterocycles. The Kier molecular flexibility index (Phi) is 3.17. The standard InChI is InChI=1S/C9H10N3O2/c1-2-11-8-5-6(9(13)14)3-4-7(8)12-10/h3-5,11H,2H2,1H3,(H,13,14). The van der Waals surface area contributed by atoms with E-state index in [1.807, 2.05) is 6.92 Å². The molecule has 0 unspecified atom stereocenters. The Morgan fingerprint density at radius 2 is 2.36 bits per heavy atom. The van der Waals surface area contributed by atoms with Gasteiger partial charge in [0.1, 0.15) is 5.69 Å². The van der Waals surface area contributed by atoms with Gasteiger partial charge in [0.2, 0.25) is 0 Å². The van der Waals surface area contributed by atoms with Crippen LogP contribution < -0.4 is 10.8 Å². The zero-order chi connectivity index (χ0) is 10.6. The molecule has 1 aromatic rings. The summed E-state index contributed by atoms with van der Waals surface area (Å²) in [5, 5.41) is 14.7. The Labute approximate surface area is 81.3 Å². The number of benzene rings is 1. The molecule has 0 saturated carbocycles. The number of aromatic carboxylic acids is 1. The number of hydrogen-bond acceptors (Lipinski definition) is 3. The molecular formula is C9H10N3O2. The van der Waals surface area contributed by atoms with Crippen molar-refractivity contribution in [2.24, 2.45) is 5.11 Å². The summed E-state index contributed by atoms with van der Waals surface area (Å²) in [7, 11) is 0. The molecule has 5 heteroatoms. The number of rotatable bonds is 4. The normalized spacial score (nSPS) is 9.50. The molecule has 0 amide bonds. The third-order valence-corrected chi connectivity index (χ3v) is 1.72. The van der Waals surface area contributed by atoms with Crippen LogP contribution in [0.4, 0.5) is 11.4 Å². The van der Waals surface area contributed by atoms with E-state index in [1.54, 1.807) is 0 Å². The SMILES string of the molecule is CCNc1cc(C(=O)O)ccc1N=[N]. The number of carboxylic acid groups (broad SMARTS) is 1. The van der Waals surface area contributed by atoms with Crippen LogP contribution in [0.25, 0.3) is 0 Å². The Hall–Kier alpha value is -1.91. The van der Waals surface area contributed by atoms with Crippen LogP contribution in [-0.4, -0.2) is 17.6 Å². The fraction of sp³-hybridized carbons (Fsp3) is 0.222. The van der Waals surface area contributed by atoms with Crippen LogP contribution in [0.5, 0.6) is 0 Å². The van der Waals surface area contributed by atoms with E-state index in [4.69, 9.17) is 10.6 Å². The van der Waals surface area contributed by atoms with E-state index in [0.29, 0.717) is 17.9 Å². The Morgan fingerprint density at radius 3 is 2.86 bits per heavy atom. The fourth-order valence-corrected chi connectivity index (χ4v) is 1.09. The maximum absolute atomic E-state index is 10.6. The smallest absolute Gasteiger partial charge is 0.335 e. The lowest BCUT2D eigenvalue weighted by Crippen LogP contribution is -2.01. The Morgan fingerprint density at radius 1 is 1.64 bits per heavy atom. The van der Waals surface area contributed by atoms with Crippen molar-refractivity contribution in [3.63, 3.8) is 0 Å².